The summed E-state index contributed by atoms with van der Waals surface area (Å²) in [5, 5.41) is 31.1. The van der Waals surface area contributed by atoms with E-state index in [1.807, 2.05) is 26.8 Å². The molecule has 2 saturated heterocycles. The fraction of sp³-hybridized carbons (Fsp3) is 0.429. The van der Waals surface area contributed by atoms with Gasteiger partial charge in [-0.1, -0.05) is 11.3 Å². The van der Waals surface area contributed by atoms with Crippen LogP contribution in [-0.4, -0.2) is 69.9 Å². The van der Waals surface area contributed by atoms with Gasteiger partial charge in [-0.3, -0.25) is 4.40 Å². The second-order valence-electron chi connectivity index (χ2n) is 14.5. The number of ether oxygens (including phenoxy) is 1. The zero-order valence-electron chi connectivity index (χ0n) is 27.9. The largest absolute Gasteiger partial charge is 0.444 e. The minimum absolute atomic E-state index is 0.0623. The van der Waals surface area contributed by atoms with Crippen LogP contribution in [0.25, 0.3) is 39.2 Å². The zero-order chi connectivity index (χ0) is 34.8. The predicted molar refractivity (Wildman–Crippen MR) is 178 cm³/mol. The molecule has 0 unspecified atom stereocenters. The summed E-state index contributed by atoms with van der Waals surface area (Å²) in [5.74, 6) is -0.703. The number of fused-ring (bicyclic) bond motifs is 4. The molecule has 0 saturated carbocycles. The lowest BCUT2D eigenvalue weighted by Crippen LogP contribution is -2.51. The van der Waals surface area contributed by atoms with Crippen LogP contribution in [0.3, 0.4) is 0 Å². The molecule has 2 bridgehead atoms. The molecule has 14 heteroatoms. The second kappa shape index (κ2) is 11.8. The first-order valence-corrected chi connectivity index (χ1v) is 16.3. The topological polar surface area (TPSA) is 146 Å². The van der Waals surface area contributed by atoms with Gasteiger partial charge in [-0.05, 0) is 78.5 Å². The molecule has 3 atom stereocenters. The highest BCUT2D eigenvalue weighted by Crippen LogP contribution is 2.43. The fourth-order valence-electron chi connectivity index (χ4n) is 7.13. The summed E-state index contributed by atoms with van der Waals surface area (Å²) in [7, 11) is 0. The molecule has 0 spiro atoms. The van der Waals surface area contributed by atoms with E-state index in [1.165, 1.54) is 22.9 Å². The third kappa shape index (κ3) is 6.14. The van der Waals surface area contributed by atoms with E-state index in [-0.39, 0.29) is 35.8 Å². The van der Waals surface area contributed by atoms with E-state index in [0.29, 0.717) is 52.3 Å². The summed E-state index contributed by atoms with van der Waals surface area (Å²) in [6.45, 7) is 8.85. The van der Waals surface area contributed by atoms with E-state index in [0.717, 1.165) is 12.8 Å². The highest BCUT2D eigenvalue weighted by molar-refractivity contribution is 5.89. The summed E-state index contributed by atoms with van der Waals surface area (Å²) in [6.07, 6.45) is 6.05. The number of nitriles is 1. The lowest BCUT2D eigenvalue weighted by atomic mass is 9.97. The Balaban J connectivity index is 1.33. The Morgan fingerprint density at radius 2 is 1.84 bits per heavy atom. The van der Waals surface area contributed by atoms with E-state index in [2.05, 4.69) is 20.5 Å². The van der Waals surface area contributed by atoms with Crippen molar-refractivity contribution in [3.8, 4) is 28.6 Å². The molecule has 2 aromatic carbocycles. The number of nitrogens with one attached hydrogen (secondary N) is 1. The van der Waals surface area contributed by atoms with Gasteiger partial charge in [0.15, 0.2) is 11.5 Å². The number of hydrogen-bond acceptors (Lipinski definition) is 9. The van der Waals surface area contributed by atoms with Gasteiger partial charge in [-0.25, -0.2) is 28.2 Å². The first-order valence-electron chi connectivity index (χ1n) is 16.3. The SMILES string of the molecule is CC(C)(O)Cn1nnc2cc(-c3c(-c4ccc(C#N)c(F)c4)nc4c(N5[C@@H]6CC[C@H]5C[C@@H](NC(=O)OC(C)(C)C)C6)nccn34)c(F)cc21. The summed E-state index contributed by atoms with van der Waals surface area (Å²) in [5.41, 5.74) is 0.613. The molecule has 49 heavy (non-hydrogen) atoms. The van der Waals surface area contributed by atoms with Gasteiger partial charge in [-0.15, -0.1) is 5.10 Å². The first-order chi connectivity index (χ1) is 23.2. The van der Waals surface area contributed by atoms with Gasteiger partial charge in [0.25, 0.3) is 0 Å². The summed E-state index contributed by atoms with van der Waals surface area (Å²) in [6, 6.07) is 8.99. The van der Waals surface area contributed by atoms with E-state index >= 15 is 8.78 Å². The fourth-order valence-corrected chi connectivity index (χ4v) is 7.13. The van der Waals surface area contributed by atoms with Crippen molar-refractivity contribution in [1.29, 1.82) is 5.26 Å². The number of alkyl carbamates (subject to hydrolysis) is 1. The summed E-state index contributed by atoms with van der Waals surface area (Å²) < 4.78 is 40.0. The maximum Gasteiger partial charge on any atom is 0.407 e. The van der Waals surface area contributed by atoms with E-state index < -0.39 is 28.9 Å². The number of carbonyl (C=O) groups is 1. The summed E-state index contributed by atoms with van der Waals surface area (Å²) >= 11 is 0. The van der Waals surface area contributed by atoms with Crippen molar-refractivity contribution < 1.29 is 23.4 Å². The van der Waals surface area contributed by atoms with Crippen LogP contribution in [0.5, 0.6) is 0 Å². The van der Waals surface area contributed by atoms with Crippen LogP contribution in [0.1, 0.15) is 65.9 Å². The summed E-state index contributed by atoms with van der Waals surface area (Å²) in [4.78, 5) is 24.6. The van der Waals surface area contributed by atoms with Crippen LogP contribution >= 0.6 is 0 Å². The second-order valence-corrected chi connectivity index (χ2v) is 14.5. The minimum Gasteiger partial charge on any atom is -0.444 e. The number of benzene rings is 2. The number of anilines is 1. The van der Waals surface area contributed by atoms with Crippen molar-refractivity contribution in [2.45, 2.75) is 96.2 Å². The quantitative estimate of drug-likeness (QED) is 0.231. The molecule has 0 radical (unpaired) electrons. The molecular weight excluding hydrogens is 632 g/mol. The van der Waals surface area contributed by atoms with Crippen molar-refractivity contribution in [1.82, 2.24) is 34.7 Å². The Kier molecular flexibility index (Phi) is 7.78. The molecule has 2 N–H and O–H groups in total. The lowest BCUT2D eigenvalue weighted by molar-refractivity contribution is 0.0491. The van der Waals surface area contributed by atoms with E-state index in [9.17, 15) is 15.2 Å². The molecule has 3 aromatic heterocycles. The van der Waals surface area contributed by atoms with Crippen molar-refractivity contribution in [3.63, 3.8) is 0 Å². The van der Waals surface area contributed by atoms with Crippen LogP contribution in [0, 0.1) is 23.0 Å². The molecule has 2 aliphatic heterocycles. The zero-order valence-corrected chi connectivity index (χ0v) is 27.9. The number of carbonyl (C=O) groups excluding carboxylic acids is 1. The Morgan fingerprint density at radius 1 is 1.10 bits per heavy atom. The number of halogens is 2. The van der Waals surface area contributed by atoms with Gasteiger partial charge >= 0.3 is 6.09 Å². The molecule has 0 aliphatic carbocycles. The number of rotatable bonds is 6. The van der Waals surface area contributed by atoms with Crippen LogP contribution in [0.2, 0.25) is 0 Å². The van der Waals surface area contributed by atoms with Crippen molar-refractivity contribution >= 4 is 28.6 Å². The Morgan fingerprint density at radius 3 is 2.49 bits per heavy atom. The Bertz CT molecular complexity index is 2130. The third-order valence-electron chi connectivity index (χ3n) is 8.98. The standard InChI is InChI=1S/C35H37F2N9O3/c1-34(2,3)49-33(47)40-21-13-22-8-9-23(14-21)46(22)31-32-41-29(19-6-7-20(17-38)25(36)12-19)30(44(32)11-10-39-31)24-15-27-28(16-26(24)37)45(43-42-27)18-35(4,5)48/h6-7,10-12,15-16,21-23,48H,8-9,13-14,18H2,1-5H3,(H,40,47)/t21-,22+,23-. The van der Waals surface area contributed by atoms with Crippen LogP contribution in [0.15, 0.2) is 42.7 Å². The molecule has 2 aliphatic rings. The van der Waals surface area contributed by atoms with Crippen molar-refractivity contribution in [2.75, 3.05) is 4.90 Å². The highest BCUT2D eigenvalue weighted by atomic mass is 19.1. The molecule has 2 fully saturated rings. The van der Waals surface area contributed by atoms with Crippen LogP contribution in [-0.2, 0) is 11.3 Å². The molecule has 254 valence electrons. The van der Waals surface area contributed by atoms with Gasteiger partial charge in [0.2, 0.25) is 0 Å². The van der Waals surface area contributed by atoms with Gasteiger partial charge < -0.3 is 20.1 Å². The molecule has 1 amide bonds. The number of nitrogens with zero attached hydrogens (tertiary/aromatic N) is 8. The van der Waals surface area contributed by atoms with Crippen LogP contribution < -0.4 is 10.2 Å². The minimum atomic E-state index is -1.10. The number of aromatic nitrogens is 6. The third-order valence-corrected chi connectivity index (χ3v) is 8.98. The van der Waals surface area contributed by atoms with Gasteiger partial charge in [-0.2, -0.15) is 5.26 Å². The molecule has 5 heterocycles. The predicted octanol–water partition coefficient (Wildman–Crippen LogP) is 5.75. The number of aliphatic hydroxyl groups is 1. The van der Waals surface area contributed by atoms with E-state index in [1.54, 1.807) is 42.8 Å². The van der Waals surface area contributed by atoms with Crippen molar-refractivity contribution in [3.05, 3.63) is 59.9 Å². The molecule has 5 aromatic rings. The van der Waals surface area contributed by atoms with Gasteiger partial charge in [0.1, 0.15) is 28.8 Å². The lowest BCUT2D eigenvalue weighted by Gasteiger charge is -2.40. The van der Waals surface area contributed by atoms with Gasteiger partial charge in [0, 0.05) is 47.7 Å². The first kappa shape index (κ1) is 32.4. The van der Waals surface area contributed by atoms with Gasteiger partial charge in [0.05, 0.1) is 34.6 Å². The smallest absolute Gasteiger partial charge is 0.407 e. The van der Waals surface area contributed by atoms with E-state index in [4.69, 9.17) is 14.7 Å². The van der Waals surface area contributed by atoms with Crippen molar-refractivity contribution in [2.24, 2.45) is 0 Å². The number of hydrogen-bond donors (Lipinski definition) is 2. The number of amides is 1. The maximum atomic E-state index is 16.3. The number of imidazole rings is 1. The molecular formula is C35H37F2N9O3. The molecule has 7 rings (SSSR count). The highest BCUT2D eigenvalue weighted by Gasteiger charge is 2.43. The number of piperidine rings is 1. The normalized spacial score (nSPS) is 19.4. The Labute approximate surface area is 281 Å². The monoisotopic (exact) mass is 669 g/mol. The maximum absolute atomic E-state index is 16.3. The molecule has 12 nitrogen and oxygen atoms in total. The Hall–Kier alpha value is -5.16. The van der Waals surface area contributed by atoms with Crippen LogP contribution in [0.4, 0.5) is 19.4 Å². The average molecular weight is 670 g/mol. The average Bonchev–Trinajstić information content (AvgIpc) is 3.66.